The van der Waals surface area contributed by atoms with Crippen molar-refractivity contribution in [2.24, 2.45) is 0 Å². The second-order valence-electron chi connectivity index (χ2n) is 2.55. The molecule has 0 unspecified atom stereocenters. The van der Waals surface area contributed by atoms with E-state index < -0.39 is 0 Å². The van der Waals surface area contributed by atoms with Crippen LogP contribution in [0.3, 0.4) is 0 Å². The molecule has 0 bridgehead atoms. The van der Waals surface area contributed by atoms with Crippen molar-refractivity contribution in [1.82, 2.24) is 0 Å². The van der Waals surface area contributed by atoms with Crippen LogP contribution in [0.25, 0.3) is 0 Å². The molecule has 0 aromatic carbocycles. The Morgan fingerprint density at radius 3 is 1.69 bits per heavy atom. The minimum Gasteiger partial charge on any atom is -0.352 e. The van der Waals surface area contributed by atoms with Crippen molar-refractivity contribution in [1.29, 1.82) is 0 Å². The van der Waals surface area contributed by atoms with E-state index in [1.165, 1.54) is 0 Å². The van der Waals surface area contributed by atoms with Crippen LogP contribution in [0.5, 0.6) is 0 Å². The van der Waals surface area contributed by atoms with Gasteiger partial charge >= 0.3 is 0 Å². The van der Waals surface area contributed by atoms with E-state index in [9.17, 15) is 0 Å². The molecule has 13 heavy (non-hydrogen) atoms. The molecule has 0 aromatic rings. The van der Waals surface area contributed by atoms with E-state index in [1.807, 2.05) is 6.92 Å². The maximum atomic E-state index is 5.05. The minimum atomic E-state index is -0.354. The summed E-state index contributed by atoms with van der Waals surface area (Å²) < 4.78 is 20.1. The fourth-order valence-electron chi connectivity index (χ4n) is 0.994. The van der Waals surface area contributed by atoms with Gasteiger partial charge in [-0.3, -0.25) is 0 Å². The van der Waals surface area contributed by atoms with Gasteiger partial charge in [-0.05, 0) is 18.6 Å². The zero-order valence-electron chi connectivity index (χ0n) is 8.87. The lowest BCUT2D eigenvalue weighted by molar-refractivity contribution is -0.0852. The molecule has 0 N–H and O–H groups in total. The molecule has 0 radical (unpaired) electrons. The van der Waals surface area contributed by atoms with Crippen molar-refractivity contribution in [3.05, 3.63) is 11.6 Å². The first-order valence-electron chi connectivity index (χ1n) is 3.99. The van der Waals surface area contributed by atoms with Crippen molar-refractivity contribution >= 4 is 0 Å². The summed E-state index contributed by atoms with van der Waals surface area (Å²) in [6.07, 6.45) is 1.11. The van der Waals surface area contributed by atoms with Crippen LogP contribution < -0.4 is 0 Å². The van der Waals surface area contributed by atoms with E-state index in [0.29, 0.717) is 0 Å². The van der Waals surface area contributed by atoms with Crippen LogP contribution in [-0.2, 0) is 18.9 Å². The quantitative estimate of drug-likeness (QED) is 0.465. The molecule has 4 heteroatoms. The molecule has 0 aliphatic carbocycles. The number of hydrogen-bond donors (Lipinski definition) is 0. The number of hydrogen-bond acceptors (Lipinski definition) is 4. The largest absolute Gasteiger partial charge is 0.352 e. The molecule has 0 aromatic heterocycles. The molecular formula is C9H18O4. The summed E-state index contributed by atoms with van der Waals surface area (Å²) >= 11 is 0. The Hall–Kier alpha value is -0.420. The first-order chi connectivity index (χ1) is 6.19. The summed E-state index contributed by atoms with van der Waals surface area (Å²) in [6.45, 7) is 1.89. The van der Waals surface area contributed by atoms with E-state index >= 15 is 0 Å². The molecule has 0 fully saturated rings. The van der Waals surface area contributed by atoms with Gasteiger partial charge in [-0.2, -0.15) is 0 Å². The van der Waals surface area contributed by atoms with Gasteiger partial charge in [0.15, 0.2) is 12.6 Å². The maximum Gasteiger partial charge on any atom is 0.178 e. The van der Waals surface area contributed by atoms with Crippen LogP contribution in [0, 0.1) is 0 Å². The van der Waals surface area contributed by atoms with Gasteiger partial charge in [0.2, 0.25) is 0 Å². The first-order valence-corrected chi connectivity index (χ1v) is 3.99. The van der Waals surface area contributed by atoms with Crippen LogP contribution in [0.4, 0.5) is 0 Å². The maximum absolute atomic E-state index is 5.05. The Balaban J connectivity index is 4.25. The lowest BCUT2D eigenvalue weighted by Crippen LogP contribution is -2.18. The molecule has 4 nitrogen and oxygen atoms in total. The molecule has 0 aliphatic rings. The second kappa shape index (κ2) is 7.03. The fourth-order valence-corrected chi connectivity index (χ4v) is 0.994. The van der Waals surface area contributed by atoms with Gasteiger partial charge in [0, 0.05) is 28.4 Å². The van der Waals surface area contributed by atoms with E-state index in [2.05, 4.69) is 0 Å². The smallest absolute Gasteiger partial charge is 0.178 e. The van der Waals surface area contributed by atoms with Gasteiger partial charge in [0.1, 0.15) is 0 Å². The Bertz CT molecular complexity index is 148. The summed E-state index contributed by atoms with van der Waals surface area (Å²) in [6, 6.07) is 0. The highest BCUT2D eigenvalue weighted by Crippen LogP contribution is 2.08. The topological polar surface area (TPSA) is 36.9 Å². The van der Waals surface area contributed by atoms with E-state index in [4.69, 9.17) is 18.9 Å². The summed E-state index contributed by atoms with van der Waals surface area (Å²) in [5, 5.41) is 0. The van der Waals surface area contributed by atoms with Gasteiger partial charge < -0.3 is 18.9 Å². The predicted octanol–water partition coefficient (Wildman–Crippen LogP) is 1.17. The van der Waals surface area contributed by atoms with Crippen molar-refractivity contribution in [2.45, 2.75) is 19.5 Å². The first kappa shape index (κ1) is 12.6. The third-order valence-corrected chi connectivity index (χ3v) is 1.66. The van der Waals surface area contributed by atoms with Crippen molar-refractivity contribution in [3.8, 4) is 0 Å². The summed E-state index contributed by atoms with van der Waals surface area (Å²) in [5.74, 6) is 0. The monoisotopic (exact) mass is 190 g/mol. The lowest BCUT2D eigenvalue weighted by atomic mass is 10.2. The Labute approximate surface area is 79.4 Å². The van der Waals surface area contributed by atoms with Crippen molar-refractivity contribution < 1.29 is 18.9 Å². The van der Waals surface area contributed by atoms with Crippen LogP contribution >= 0.6 is 0 Å². The highest BCUT2D eigenvalue weighted by molar-refractivity contribution is 5.03. The average Bonchev–Trinajstić information content (AvgIpc) is 2.16. The molecule has 78 valence electrons. The normalized spacial score (nSPS) is 13.0. The summed E-state index contributed by atoms with van der Waals surface area (Å²) in [4.78, 5) is 0. The molecular weight excluding hydrogens is 172 g/mol. The number of ether oxygens (including phenoxy) is 4. The van der Waals surface area contributed by atoms with Gasteiger partial charge in [-0.1, -0.05) is 0 Å². The summed E-state index contributed by atoms with van der Waals surface area (Å²) in [5.41, 5.74) is 0.915. The van der Waals surface area contributed by atoms with E-state index in [1.54, 1.807) is 34.5 Å². The zero-order valence-corrected chi connectivity index (χ0v) is 8.87. The Morgan fingerprint density at radius 1 is 0.923 bits per heavy atom. The zero-order chi connectivity index (χ0) is 10.3. The predicted molar refractivity (Wildman–Crippen MR) is 49.4 cm³/mol. The third-order valence-electron chi connectivity index (χ3n) is 1.66. The minimum absolute atomic E-state index is 0.340. The molecule has 0 amide bonds. The lowest BCUT2D eigenvalue weighted by Gasteiger charge is -2.16. The van der Waals surface area contributed by atoms with Crippen molar-refractivity contribution in [3.63, 3.8) is 0 Å². The standard InChI is InChI=1S/C9H18O4/c1-7(9(12-4)13-5)6-8(10-2)11-3/h6,8-9H,1-5H3. The van der Waals surface area contributed by atoms with Gasteiger partial charge in [-0.25, -0.2) is 0 Å². The molecule has 0 saturated carbocycles. The molecule has 0 atom stereocenters. The highest BCUT2D eigenvalue weighted by Gasteiger charge is 2.10. The molecule has 0 rings (SSSR count). The molecule has 0 aliphatic heterocycles. The molecule has 0 spiro atoms. The van der Waals surface area contributed by atoms with E-state index in [0.717, 1.165) is 5.57 Å². The molecule has 0 saturated heterocycles. The van der Waals surface area contributed by atoms with Crippen LogP contribution in [-0.4, -0.2) is 41.0 Å². The van der Waals surface area contributed by atoms with Crippen LogP contribution in [0.2, 0.25) is 0 Å². The van der Waals surface area contributed by atoms with Crippen LogP contribution in [0.15, 0.2) is 11.6 Å². The van der Waals surface area contributed by atoms with Crippen molar-refractivity contribution in [2.75, 3.05) is 28.4 Å². The number of rotatable bonds is 6. The summed E-state index contributed by atoms with van der Waals surface area (Å²) in [7, 11) is 6.32. The van der Waals surface area contributed by atoms with E-state index in [-0.39, 0.29) is 12.6 Å². The number of methoxy groups -OCH3 is 4. The van der Waals surface area contributed by atoms with Gasteiger partial charge in [-0.15, -0.1) is 0 Å². The third kappa shape index (κ3) is 4.38. The Kier molecular flexibility index (Phi) is 6.80. The average molecular weight is 190 g/mol. The fraction of sp³-hybridized carbons (Fsp3) is 0.778. The van der Waals surface area contributed by atoms with Gasteiger partial charge in [0.05, 0.1) is 0 Å². The van der Waals surface area contributed by atoms with Crippen LogP contribution in [0.1, 0.15) is 6.92 Å². The SMILES string of the molecule is COC(C=C(C)C(OC)OC)OC. The highest BCUT2D eigenvalue weighted by atomic mass is 16.7. The van der Waals surface area contributed by atoms with Gasteiger partial charge in [0.25, 0.3) is 0 Å². The Morgan fingerprint density at radius 2 is 1.38 bits per heavy atom. The molecule has 0 heterocycles. The second-order valence-corrected chi connectivity index (χ2v) is 2.55.